The zero-order chi connectivity index (χ0) is 17.9. The molecule has 3 rings (SSSR count). The fraction of sp³-hybridized carbons (Fsp3) is 0.421. The zero-order valence-electron chi connectivity index (χ0n) is 14.1. The van der Waals surface area contributed by atoms with Crippen molar-refractivity contribution in [1.29, 1.82) is 5.26 Å². The monoisotopic (exact) mass is 357 g/mol. The number of thiazole rings is 1. The first kappa shape index (κ1) is 17.6. The van der Waals surface area contributed by atoms with E-state index in [4.69, 9.17) is 0 Å². The normalized spacial score (nSPS) is 23.0. The summed E-state index contributed by atoms with van der Waals surface area (Å²) in [5.41, 5.74) is 0.0481. The molecule has 130 valence electrons. The lowest BCUT2D eigenvalue weighted by molar-refractivity contribution is 0.0886. The molecule has 0 unspecified atom stereocenters. The molecule has 1 N–H and O–H groups in total. The molecule has 25 heavy (non-hydrogen) atoms. The highest BCUT2D eigenvalue weighted by atomic mass is 32.1. The van der Waals surface area contributed by atoms with Gasteiger partial charge in [-0.1, -0.05) is 31.5 Å². The second-order valence-electron chi connectivity index (χ2n) is 6.74. The first-order valence-corrected chi connectivity index (χ1v) is 9.31. The van der Waals surface area contributed by atoms with Crippen LogP contribution in [0.25, 0.3) is 0 Å². The van der Waals surface area contributed by atoms with Crippen LogP contribution >= 0.6 is 11.3 Å². The number of hydrogen-bond acceptors (Lipinski definition) is 4. The number of rotatable bonds is 4. The third-order valence-electron chi connectivity index (χ3n) is 4.65. The van der Waals surface area contributed by atoms with Crippen molar-refractivity contribution >= 4 is 17.2 Å². The van der Waals surface area contributed by atoms with Crippen molar-refractivity contribution in [1.82, 2.24) is 10.3 Å². The fourth-order valence-corrected chi connectivity index (χ4v) is 4.17. The number of amides is 1. The Morgan fingerprint density at radius 1 is 1.52 bits per heavy atom. The van der Waals surface area contributed by atoms with Crippen LogP contribution in [0.2, 0.25) is 0 Å². The van der Waals surface area contributed by atoms with E-state index >= 15 is 0 Å². The second kappa shape index (κ2) is 7.32. The van der Waals surface area contributed by atoms with Crippen molar-refractivity contribution in [3.63, 3.8) is 0 Å². The summed E-state index contributed by atoms with van der Waals surface area (Å²) in [4.78, 5) is 16.9. The summed E-state index contributed by atoms with van der Waals surface area (Å²) < 4.78 is 13.7. The molecule has 0 saturated heterocycles. The highest BCUT2D eigenvalue weighted by molar-refractivity contribution is 7.09. The molecule has 0 bridgehead atoms. The van der Waals surface area contributed by atoms with Crippen LogP contribution in [-0.4, -0.2) is 16.4 Å². The van der Waals surface area contributed by atoms with Gasteiger partial charge in [-0.05, 0) is 36.8 Å². The molecule has 1 heterocycles. The molecule has 1 saturated carbocycles. The van der Waals surface area contributed by atoms with Gasteiger partial charge in [0.1, 0.15) is 17.1 Å². The molecule has 1 aromatic heterocycles. The van der Waals surface area contributed by atoms with Gasteiger partial charge in [-0.3, -0.25) is 4.79 Å². The minimum atomic E-state index is -0.802. The predicted molar refractivity (Wildman–Crippen MR) is 94.8 cm³/mol. The van der Waals surface area contributed by atoms with Crippen LogP contribution in [0.5, 0.6) is 0 Å². The Balaban J connectivity index is 1.70. The molecule has 6 heteroatoms. The number of nitrogens with zero attached hydrogens (tertiary/aromatic N) is 2. The summed E-state index contributed by atoms with van der Waals surface area (Å²) in [7, 11) is 0. The highest BCUT2D eigenvalue weighted by Crippen LogP contribution is 2.32. The van der Waals surface area contributed by atoms with E-state index in [1.807, 2.05) is 0 Å². The van der Waals surface area contributed by atoms with Crippen LogP contribution in [-0.2, 0) is 6.42 Å². The van der Waals surface area contributed by atoms with Gasteiger partial charge in [0, 0.05) is 11.8 Å². The number of hydrogen-bond donors (Lipinski definition) is 1. The van der Waals surface area contributed by atoms with Crippen LogP contribution < -0.4 is 5.32 Å². The molecule has 0 aliphatic heterocycles. The average Bonchev–Trinajstić information content (AvgIpc) is 3.06. The van der Waals surface area contributed by atoms with Crippen molar-refractivity contribution in [2.45, 2.75) is 44.6 Å². The lowest BCUT2D eigenvalue weighted by atomic mass is 9.77. The maximum atomic E-state index is 13.7. The fourth-order valence-electron chi connectivity index (χ4n) is 3.38. The number of nitriles is 1. The van der Waals surface area contributed by atoms with E-state index < -0.39 is 5.54 Å². The Kier molecular flexibility index (Phi) is 5.14. The van der Waals surface area contributed by atoms with Crippen molar-refractivity contribution < 1.29 is 9.18 Å². The summed E-state index contributed by atoms with van der Waals surface area (Å²) in [5, 5.41) is 14.8. The van der Waals surface area contributed by atoms with Gasteiger partial charge in [-0.25, -0.2) is 9.37 Å². The van der Waals surface area contributed by atoms with E-state index in [1.165, 1.54) is 17.4 Å². The SMILES string of the molecule is C[C@@H]1CCC[C@](C#N)(NC(=O)c2csc(Cc3ccccc3F)n2)C1. The standard InChI is InChI=1S/C19H20FN3OS/c1-13-5-4-8-19(10-13,12-21)23-18(24)16-11-25-17(22-16)9-14-6-2-3-7-15(14)20/h2-3,6-7,11,13H,4-5,8-10H2,1H3,(H,23,24)/t13-,19+/m1/s1. The van der Waals surface area contributed by atoms with E-state index in [1.54, 1.807) is 23.6 Å². The van der Waals surface area contributed by atoms with E-state index in [9.17, 15) is 14.4 Å². The number of benzene rings is 1. The first-order chi connectivity index (χ1) is 12.0. The second-order valence-corrected chi connectivity index (χ2v) is 7.69. The lowest BCUT2D eigenvalue weighted by Gasteiger charge is -2.34. The molecule has 2 aromatic rings. The van der Waals surface area contributed by atoms with Gasteiger partial charge >= 0.3 is 0 Å². The number of carbonyl (C=O) groups excluding carboxylic acids is 1. The molecule has 2 atom stereocenters. The van der Waals surface area contributed by atoms with Crippen LogP contribution in [0.3, 0.4) is 0 Å². The Hall–Kier alpha value is -2.26. The van der Waals surface area contributed by atoms with Crippen LogP contribution in [0.15, 0.2) is 29.6 Å². The summed E-state index contributed by atoms with van der Waals surface area (Å²) in [6.45, 7) is 2.10. The minimum absolute atomic E-state index is 0.275. The predicted octanol–water partition coefficient (Wildman–Crippen LogP) is 4.08. The molecular weight excluding hydrogens is 337 g/mol. The molecule has 1 aromatic carbocycles. The maximum Gasteiger partial charge on any atom is 0.272 e. The van der Waals surface area contributed by atoms with Gasteiger partial charge in [-0.15, -0.1) is 11.3 Å². The number of aromatic nitrogens is 1. The number of nitrogens with one attached hydrogen (secondary N) is 1. The van der Waals surface area contributed by atoms with E-state index in [0.717, 1.165) is 12.8 Å². The molecular formula is C19H20FN3OS. The summed E-state index contributed by atoms with van der Waals surface area (Å²) in [6, 6.07) is 8.85. The molecule has 4 nitrogen and oxygen atoms in total. The van der Waals surface area contributed by atoms with Crippen molar-refractivity contribution in [3.05, 3.63) is 51.7 Å². The van der Waals surface area contributed by atoms with E-state index in [2.05, 4.69) is 23.3 Å². The third kappa shape index (κ3) is 4.05. The van der Waals surface area contributed by atoms with E-state index in [-0.39, 0.29) is 11.7 Å². The summed E-state index contributed by atoms with van der Waals surface area (Å²) in [6.07, 6.45) is 3.71. The summed E-state index contributed by atoms with van der Waals surface area (Å²) in [5.74, 6) is -0.184. The van der Waals surface area contributed by atoms with Gasteiger partial charge in [-0.2, -0.15) is 5.26 Å². The van der Waals surface area contributed by atoms with Crippen LogP contribution in [0.4, 0.5) is 4.39 Å². The Labute approximate surface area is 150 Å². The third-order valence-corrected chi connectivity index (χ3v) is 5.50. The van der Waals surface area contributed by atoms with Gasteiger partial charge in [0.15, 0.2) is 0 Å². The topological polar surface area (TPSA) is 65.8 Å². The Morgan fingerprint density at radius 3 is 3.04 bits per heavy atom. The highest BCUT2D eigenvalue weighted by Gasteiger charge is 2.37. The van der Waals surface area contributed by atoms with Crippen LogP contribution in [0, 0.1) is 23.1 Å². The number of halogens is 1. The summed E-state index contributed by atoms with van der Waals surface area (Å²) >= 11 is 1.33. The lowest BCUT2D eigenvalue weighted by Crippen LogP contribution is -2.50. The van der Waals surface area contributed by atoms with Gasteiger partial charge < -0.3 is 5.32 Å². The molecule has 0 radical (unpaired) electrons. The first-order valence-electron chi connectivity index (χ1n) is 8.43. The Morgan fingerprint density at radius 2 is 2.32 bits per heavy atom. The van der Waals surface area contributed by atoms with Crippen molar-refractivity contribution in [2.24, 2.45) is 5.92 Å². The molecule has 1 aliphatic rings. The molecule has 1 fully saturated rings. The minimum Gasteiger partial charge on any atom is -0.332 e. The Bertz CT molecular complexity index is 813. The van der Waals surface area contributed by atoms with E-state index in [0.29, 0.717) is 41.4 Å². The molecule has 1 amide bonds. The van der Waals surface area contributed by atoms with Crippen LogP contribution in [0.1, 0.15) is 53.7 Å². The number of carbonyl (C=O) groups is 1. The van der Waals surface area contributed by atoms with Gasteiger partial charge in [0.25, 0.3) is 5.91 Å². The smallest absolute Gasteiger partial charge is 0.272 e. The largest absolute Gasteiger partial charge is 0.332 e. The maximum absolute atomic E-state index is 13.7. The van der Waals surface area contributed by atoms with Gasteiger partial charge in [0.2, 0.25) is 0 Å². The zero-order valence-corrected chi connectivity index (χ0v) is 14.9. The van der Waals surface area contributed by atoms with Crippen molar-refractivity contribution in [3.8, 4) is 6.07 Å². The van der Waals surface area contributed by atoms with Crippen molar-refractivity contribution in [2.75, 3.05) is 0 Å². The average molecular weight is 357 g/mol. The van der Waals surface area contributed by atoms with Gasteiger partial charge in [0.05, 0.1) is 11.1 Å². The quantitative estimate of drug-likeness (QED) is 0.897. The molecule has 0 spiro atoms. The molecule has 1 aliphatic carbocycles.